The van der Waals surface area contributed by atoms with E-state index in [9.17, 15) is 4.79 Å². The fraction of sp³-hybridized carbons (Fsp3) is 0.875. The van der Waals surface area contributed by atoms with Crippen molar-refractivity contribution in [3.63, 3.8) is 0 Å². The van der Waals surface area contributed by atoms with Gasteiger partial charge in [0.1, 0.15) is 0 Å². The predicted octanol–water partition coefficient (Wildman–Crippen LogP) is -0.247. The zero-order chi connectivity index (χ0) is 9.14. The van der Waals surface area contributed by atoms with E-state index in [1.54, 1.807) is 0 Å². The van der Waals surface area contributed by atoms with Crippen molar-refractivity contribution >= 4 is 5.97 Å². The van der Waals surface area contributed by atoms with Crippen LogP contribution in [0.25, 0.3) is 0 Å². The summed E-state index contributed by atoms with van der Waals surface area (Å²) >= 11 is 0. The molecule has 1 aliphatic heterocycles. The molecule has 0 aromatic carbocycles. The minimum atomic E-state index is -0.206. The molecule has 1 unspecified atom stereocenters. The molecular weight excluding hydrogens is 156 g/mol. The second kappa shape index (κ2) is 3.87. The first-order valence-electron chi connectivity index (χ1n) is 4.15. The maximum absolute atomic E-state index is 10.7. The monoisotopic (exact) mass is 172 g/mol. The zero-order valence-corrected chi connectivity index (χ0v) is 7.91. The van der Waals surface area contributed by atoms with Gasteiger partial charge in [-0.25, -0.2) is 0 Å². The first-order chi connectivity index (χ1) is 5.59. The van der Waals surface area contributed by atoms with Gasteiger partial charge in [-0.15, -0.1) is 0 Å². The third kappa shape index (κ3) is 2.46. The molecule has 0 aromatic heterocycles. The van der Waals surface area contributed by atoms with Gasteiger partial charge in [0.2, 0.25) is 0 Å². The van der Waals surface area contributed by atoms with Crippen molar-refractivity contribution in [3.05, 3.63) is 0 Å². The Morgan fingerprint density at radius 2 is 2.08 bits per heavy atom. The first-order valence-corrected chi connectivity index (χ1v) is 4.15. The van der Waals surface area contributed by atoms with Gasteiger partial charge in [-0.2, -0.15) is 0 Å². The Morgan fingerprint density at radius 1 is 1.42 bits per heavy atom. The Bertz CT molecular complexity index is 172. The van der Waals surface area contributed by atoms with Crippen molar-refractivity contribution in [3.8, 4) is 0 Å². The summed E-state index contributed by atoms with van der Waals surface area (Å²) in [5, 5.41) is 0. The Hall–Kier alpha value is -0.610. The number of likely N-dealkylation sites (N-methyl/N-ethyl adjacent to an activating group) is 2. The molecule has 0 aliphatic carbocycles. The smallest absolute Gasteiger partial charge is 0.304 e. The molecule has 1 rings (SSSR count). The molecule has 4 heteroatoms. The lowest BCUT2D eigenvalue weighted by molar-refractivity contribution is -0.160. The highest BCUT2D eigenvalue weighted by atomic mass is 16.6. The second-order valence-corrected chi connectivity index (χ2v) is 3.31. The normalized spacial score (nSPS) is 27.1. The average Bonchev–Trinajstić information content (AvgIpc) is 1.96. The van der Waals surface area contributed by atoms with Crippen molar-refractivity contribution in [2.45, 2.75) is 13.2 Å². The Labute approximate surface area is 73.1 Å². The van der Waals surface area contributed by atoms with Gasteiger partial charge in [0.05, 0.1) is 0 Å². The van der Waals surface area contributed by atoms with Gasteiger partial charge in [-0.05, 0) is 14.1 Å². The molecule has 12 heavy (non-hydrogen) atoms. The number of carbonyl (C=O) groups is 1. The van der Waals surface area contributed by atoms with Crippen LogP contribution in [-0.2, 0) is 9.53 Å². The van der Waals surface area contributed by atoms with Gasteiger partial charge in [0.15, 0.2) is 6.23 Å². The summed E-state index contributed by atoms with van der Waals surface area (Å²) in [6, 6.07) is 0. The van der Waals surface area contributed by atoms with E-state index in [2.05, 4.69) is 9.80 Å². The highest BCUT2D eigenvalue weighted by Gasteiger charge is 2.23. The van der Waals surface area contributed by atoms with Crippen LogP contribution in [0.15, 0.2) is 0 Å². The molecule has 70 valence electrons. The summed E-state index contributed by atoms with van der Waals surface area (Å²) in [5.41, 5.74) is 0. The van der Waals surface area contributed by atoms with E-state index in [1.807, 2.05) is 14.1 Å². The third-order valence-corrected chi connectivity index (χ3v) is 2.10. The highest BCUT2D eigenvalue weighted by Crippen LogP contribution is 2.06. The van der Waals surface area contributed by atoms with E-state index in [0.717, 1.165) is 19.6 Å². The maximum Gasteiger partial charge on any atom is 0.304 e. The summed E-state index contributed by atoms with van der Waals surface area (Å²) in [5.74, 6) is -0.206. The lowest BCUT2D eigenvalue weighted by atomic mass is 10.3. The van der Waals surface area contributed by atoms with E-state index in [-0.39, 0.29) is 12.2 Å². The summed E-state index contributed by atoms with van der Waals surface area (Å²) in [6.07, 6.45) is -0.0683. The minimum Gasteiger partial charge on any atom is -0.445 e. The number of rotatable bonds is 1. The van der Waals surface area contributed by atoms with Gasteiger partial charge in [-0.1, -0.05) is 0 Å². The fourth-order valence-electron chi connectivity index (χ4n) is 1.29. The summed E-state index contributed by atoms with van der Waals surface area (Å²) in [4.78, 5) is 14.9. The molecule has 0 saturated carbocycles. The number of piperazine rings is 1. The second-order valence-electron chi connectivity index (χ2n) is 3.31. The summed E-state index contributed by atoms with van der Waals surface area (Å²) < 4.78 is 5.12. The minimum absolute atomic E-state index is 0.0683. The molecule has 0 N–H and O–H groups in total. The number of hydrogen-bond donors (Lipinski definition) is 0. The molecule has 0 spiro atoms. The molecule has 0 radical (unpaired) electrons. The van der Waals surface area contributed by atoms with Crippen LogP contribution in [-0.4, -0.2) is 55.7 Å². The SMILES string of the molecule is CC(=O)OC1CN(C)CCN1C. The fourth-order valence-corrected chi connectivity index (χ4v) is 1.29. The van der Waals surface area contributed by atoms with Crippen LogP contribution in [0.4, 0.5) is 0 Å². The van der Waals surface area contributed by atoms with Crippen LogP contribution < -0.4 is 0 Å². The Balaban J connectivity index is 2.43. The summed E-state index contributed by atoms with van der Waals surface area (Å²) in [6.45, 7) is 4.24. The number of hydrogen-bond acceptors (Lipinski definition) is 4. The quantitative estimate of drug-likeness (QED) is 0.511. The standard InChI is InChI=1S/C8H16N2O2/c1-7(11)12-8-6-9(2)4-5-10(8)3/h8H,4-6H2,1-3H3. The molecule has 4 nitrogen and oxygen atoms in total. The van der Waals surface area contributed by atoms with Crippen molar-refractivity contribution < 1.29 is 9.53 Å². The van der Waals surface area contributed by atoms with Crippen LogP contribution in [0.1, 0.15) is 6.92 Å². The van der Waals surface area contributed by atoms with Crippen molar-refractivity contribution in [1.29, 1.82) is 0 Å². The number of esters is 1. The van der Waals surface area contributed by atoms with E-state index < -0.39 is 0 Å². The average molecular weight is 172 g/mol. The molecule has 0 aromatic rings. The molecule has 0 bridgehead atoms. The molecule has 1 aliphatic rings. The van der Waals surface area contributed by atoms with Gasteiger partial charge in [0.25, 0.3) is 0 Å². The van der Waals surface area contributed by atoms with Crippen LogP contribution >= 0.6 is 0 Å². The zero-order valence-electron chi connectivity index (χ0n) is 7.91. The van der Waals surface area contributed by atoms with E-state index in [4.69, 9.17) is 4.74 Å². The van der Waals surface area contributed by atoms with Crippen molar-refractivity contribution in [2.75, 3.05) is 33.7 Å². The van der Waals surface area contributed by atoms with Gasteiger partial charge in [-0.3, -0.25) is 9.69 Å². The lowest BCUT2D eigenvalue weighted by Crippen LogP contribution is -2.51. The van der Waals surface area contributed by atoms with E-state index >= 15 is 0 Å². The van der Waals surface area contributed by atoms with Gasteiger partial charge < -0.3 is 9.64 Å². The third-order valence-electron chi connectivity index (χ3n) is 2.10. The van der Waals surface area contributed by atoms with E-state index in [1.165, 1.54) is 6.92 Å². The molecule has 1 heterocycles. The van der Waals surface area contributed by atoms with Gasteiger partial charge in [0, 0.05) is 26.6 Å². The predicted molar refractivity (Wildman–Crippen MR) is 45.7 cm³/mol. The van der Waals surface area contributed by atoms with Crippen LogP contribution in [0.2, 0.25) is 0 Å². The van der Waals surface area contributed by atoms with Crippen LogP contribution in [0.3, 0.4) is 0 Å². The molecule has 1 fully saturated rings. The molecule has 1 atom stereocenters. The van der Waals surface area contributed by atoms with Crippen molar-refractivity contribution in [1.82, 2.24) is 9.80 Å². The lowest BCUT2D eigenvalue weighted by Gasteiger charge is -2.36. The number of ether oxygens (including phenoxy) is 1. The molecule has 1 saturated heterocycles. The Morgan fingerprint density at radius 3 is 2.67 bits per heavy atom. The molecule has 0 amide bonds. The molecular formula is C8H16N2O2. The van der Waals surface area contributed by atoms with Crippen LogP contribution in [0.5, 0.6) is 0 Å². The van der Waals surface area contributed by atoms with E-state index in [0.29, 0.717) is 0 Å². The van der Waals surface area contributed by atoms with Gasteiger partial charge >= 0.3 is 5.97 Å². The van der Waals surface area contributed by atoms with Crippen molar-refractivity contribution in [2.24, 2.45) is 0 Å². The first kappa shape index (κ1) is 9.48. The number of carbonyl (C=O) groups excluding carboxylic acids is 1. The number of nitrogens with zero attached hydrogens (tertiary/aromatic N) is 2. The maximum atomic E-state index is 10.7. The topological polar surface area (TPSA) is 32.8 Å². The van der Waals surface area contributed by atoms with Crippen LogP contribution in [0, 0.1) is 0 Å². The Kier molecular flexibility index (Phi) is 3.05. The highest BCUT2D eigenvalue weighted by molar-refractivity contribution is 5.66. The summed E-state index contributed by atoms with van der Waals surface area (Å²) in [7, 11) is 4.00. The largest absolute Gasteiger partial charge is 0.445 e.